The molecule has 200 valence electrons. The van der Waals surface area contributed by atoms with Crippen molar-refractivity contribution < 1.29 is 24.2 Å². The Morgan fingerprint density at radius 1 is 0.800 bits per heavy atom. The van der Waals surface area contributed by atoms with Crippen LogP contribution < -0.4 is 10.1 Å². The number of carbonyl (C=O) groups excluding carboxylic acids is 2. The fourth-order valence-electron chi connectivity index (χ4n) is 5.14. The summed E-state index contributed by atoms with van der Waals surface area (Å²) in [4.78, 5) is 26.7. The number of fused-ring (bicyclic) bond motifs is 2. The molecule has 0 saturated carbocycles. The van der Waals surface area contributed by atoms with E-state index in [-0.39, 0.29) is 12.4 Å². The van der Waals surface area contributed by atoms with E-state index in [9.17, 15) is 14.7 Å². The Balaban J connectivity index is 1.36. The molecule has 1 saturated heterocycles. The van der Waals surface area contributed by atoms with Crippen LogP contribution in [0.15, 0.2) is 103 Å². The molecule has 0 radical (unpaired) electrons. The van der Waals surface area contributed by atoms with E-state index in [0.717, 1.165) is 27.1 Å². The van der Waals surface area contributed by atoms with E-state index in [4.69, 9.17) is 9.47 Å². The Kier molecular flexibility index (Phi) is 7.05. The van der Waals surface area contributed by atoms with Gasteiger partial charge in [-0.1, -0.05) is 91.0 Å². The minimum Gasteiger partial charge on any atom is -0.507 e. The van der Waals surface area contributed by atoms with Crippen molar-refractivity contribution in [2.24, 2.45) is 0 Å². The molecular weight excluding hydrogens is 522 g/mol. The van der Waals surface area contributed by atoms with Crippen molar-refractivity contribution in [1.29, 1.82) is 0 Å². The van der Waals surface area contributed by atoms with Crippen molar-refractivity contribution in [3.05, 3.63) is 109 Å². The standard InChI is InChI=1S/C33H27NO5S/c35-27-16-14-23-10-4-6-12-25(23)29(27)30-26-13-7-5-11-24(26)15-17-28(30)39-31(36)33(18-19-40-21-33)34-32(37)38-20-22-8-2-1-3-9-22/h1-17,35H,18-21H2,(H,34,37)/t33-/m1/s1. The SMILES string of the molecule is O=C(N[C@]1(C(=O)Oc2ccc3ccccc3c2-c2c(O)ccc3ccccc23)CCSC1)OCc1ccccc1. The molecule has 5 aromatic carbocycles. The molecule has 1 aliphatic rings. The zero-order chi connectivity index (χ0) is 27.5. The minimum atomic E-state index is -1.23. The molecule has 0 unspecified atom stereocenters. The Hall–Kier alpha value is -4.49. The lowest BCUT2D eigenvalue weighted by molar-refractivity contribution is -0.140. The van der Waals surface area contributed by atoms with E-state index >= 15 is 0 Å². The first-order valence-corrected chi connectivity index (χ1v) is 14.2. The lowest BCUT2D eigenvalue weighted by atomic mass is 9.92. The number of esters is 1. The summed E-state index contributed by atoms with van der Waals surface area (Å²) in [5.41, 5.74) is 0.823. The maximum Gasteiger partial charge on any atom is 0.408 e. The first-order chi connectivity index (χ1) is 19.5. The highest BCUT2D eigenvalue weighted by Crippen LogP contribution is 2.45. The topological polar surface area (TPSA) is 84.9 Å². The molecule has 5 aromatic rings. The molecular formula is C33H27NO5S. The molecule has 1 heterocycles. The Bertz CT molecular complexity index is 1710. The van der Waals surface area contributed by atoms with Crippen LogP contribution in [0.2, 0.25) is 0 Å². The van der Waals surface area contributed by atoms with E-state index in [1.54, 1.807) is 23.9 Å². The highest BCUT2D eigenvalue weighted by Gasteiger charge is 2.45. The molecule has 40 heavy (non-hydrogen) atoms. The molecule has 0 aromatic heterocycles. The van der Waals surface area contributed by atoms with Gasteiger partial charge in [0.05, 0.1) is 0 Å². The number of carbonyl (C=O) groups is 2. The normalized spacial score (nSPS) is 16.6. The van der Waals surface area contributed by atoms with Gasteiger partial charge >= 0.3 is 12.1 Å². The minimum absolute atomic E-state index is 0.0844. The van der Waals surface area contributed by atoms with Gasteiger partial charge in [0.15, 0.2) is 5.54 Å². The number of phenols is 1. The van der Waals surface area contributed by atoms with Crippen molar-refractivity contribution in [3.8, 4) is 22.6 Å². The Morgan fingerprint density at radius 3 is 2.15 bits per heavy atom. The van der Waals surface area contributed by atoms with Crippen LogP contribution in [0.1, 0.15) is 12.0 Å². The third-order valence-electron chi connectivity index (χ3n) is 7.22. The van der Waals surface area contributed by atoms with E-state index in [1.807, 2.05) is 91.0 Å². The quantitative estimate of drug-likeness (QED) is 0.174. The number of hydrogen-bond acceptors (Lipinski definition) is 6. The summed E-state index contributed by atoms with van der Waals surface area (Å²) in [6.45, 7) is 0.0973. The number of alkyl carbamates (subject to hydrolysis) is 1. The smallest absolute Gasteiger partial charge is 0.408 e. The fraction of sp³-hybridized carbons (Fsp3) is 0.152. The fourth-order valence-corrected chi connectivity index (χ4v) is 6.46. The van der Waals surface area contributed by atoms with Crippen LogP contribution >= 0.6 is 11.8 Å². The summed E-state index contributed by atoms with van der Waals surface area (Å²) in [5, 5.41) is 17.5. The molecule has 6 rings (SSSR count). The van der Waals surface area contributed by atoms with Gasteiger partial charge < -0.3 is 19.9 Å². The molecule has 0 spiro atoms. The van der Waals surface area contributed by atoms with Crippen LogP contribution in [0, 0.1) is 0 Å². The van der Waals surface area contributed by atoms with Crippen molar-refractivity contribution >= 4 is 45.4 Å². The zero-order valence-corrected chi connectivity index (χ0v) is 22.4. The molecule has 1 fully saturated rings. The first-order valence-electron chi connectivity index (χ1n) is 13.1. The second-order valence-corrected chi connectivity index (χ2v) is 10.9. The van der Waals surface area contributed by atoms with Gasteiger partial charge in [0.25, 0.3) is 0 Å². The largest absolute Gasteiger partial charge is 0.507 e. The maximum absolute atomic E-state index is 13.8. The zero-order valence-electron chi connectivity index (χ0n) is 21.6. The van der Waals surface area contributed by atoms with Gasteiger partial charge in [-0.15, -0.1) is 0 Å². The Labute approximate surface area is 235 Å². The Morgan fingerprint density at radius 2 is 1.45 bits per heavy atom. The lowest BCUT2D eigenvalue weighted by Crippen LogP contribution is -2.56. The van der Waals surface area contributed by atoms with Gasteiger partial charge in [-0.05, 0) is 51.4 Å². The van der Waals surface area contributed by atoms with Gasteiger partial charge in [-0.3, -0.25) is 0 Å². The highest BCUT2D eigenvalue weighted by molar-refractivity contribution is 7.99. The number of amides is 1. The number of phenolic OH excluding ortho intramolecular Hbond substituents is 1. The lowest BCUT2D eigenvalue weighted by Gasteiger charge is -2.27. The van der Waals surface area contributed by atoms with Crippen LogP contribution in [0.4, 0.5) is 4.79 Å². The molecule has 1 aliphatic heterocycles. The average molecular weight is 550 g/mol. The summed E-state index contributed by atoms with van der Waals surface area (Å²) in [5.74, 6) is 0.898. The number of rotatable bonds is 6. The molecule has 0 aliphatic carbocycles. The van der Waals surface area contributed by atoms with Crippen LogP contribution in [0.5, 0.6) is 11.5 Å². The maximum atomic E-state index is 13.8. The van der Waals surface area contributed by atoms with E-state index in [1.165, 1.54) is 0 Å². The van der Waals surface area contributed by atoms with Gasteiger partial charge in [0.2, 0.25) is 0 Å². The van der Waals surface area contributed by atoms with Crippen LogP contribution in [0.3, 0.4) is 0 Å². The summed E-state index contributed by atoms with van der Waals surface area (Å²) in [6, 6.07) is 32.1. The summed E-state index contributed by atoms with van der Waals surface area (Å²) >= 11 is 1.57. The number of aromatic hydroxyl groups is 1. The van der Waals surface area contributed by atoms with Crippen molar-refractivity contribution in [2.75, 3.05) is 11.5 Å². The van der Waals surface area contributed by atoms with Crippen LogP contribution in [0.25, 0.3) is 32.7 Å². The highest BCUT2D eigenvalue weighted by atomic mass is 32.2. The first kappa shape index (κ1) is 25.8. The summed E-state index contributed by atoms with van der Waals surface area (Å²) in [7, 11) is 0. The number of benzene rings is 5. The predicted octanol–water partition coefficient (Wildman–Crippen LogP) is 7.07. The van der Waals surface area contributed by atoms with Crippen LogP contribution in [-0.2, 0) is 16.1 Å². The third kappa shape index (κ3) is 4.96. The summed E-state index contributed by atoms with van der Waals surface area (Å²) in [6.07, 6.45) is -0.256. The van der Waals surface area contributed by atoms with Crippen molar-refractivity contribution in [2.45, 2.75) is 18.6 Å². The van der Waals surface area contributed by atoms with Gasteiger partial charge in [0, 0.05) is 16.9 Å². The second kappa shape index (κ2) is 10.9. The molecule has 1 atom stereocenters. The van der Waals surface area contributed by atoms with E-state index < -0.39 is 17.6 Å². The summed E-state index contributed by atoms with van der Waals surface area (Å²) < 4.78 is 11.6. The van der Waals surface area contributed by atoms with Crippen LogP contribution in [-0.4, -0.2) is 34.2 Å². The number of ether oxygens (including phenoxy) is 2. The second-order valence-electron chi connectivity index (χ2n) is 9.80. The monoisotopic (exact) mass is 549 g/mol. The van der Waals surface area contributed by atoms with Gasteiger partial charge in [-0.25, -0.2) is 9.59 Å². The molecule has 2 N–H and O–H groups in total. The van der Waals surface area contributed by atoms with Gasteiger partial charge in [-0.2, -0.15) is 11.8 Å². The number of nitrogens with one attached hydrogen (secondary N) is 1. The molecule has 6 nitrogen and oxygen atoms in total. The van der Waals surface area contributed by atoms with E-state index in [2.05, 4.69) is 5.32 Å². The van der Waals surface area contributed by atoms with Crippen molar-refractivity contribution in [1.82, 2.24) is 5.32 Å². The number of hydrogen-bond donors (Lipinski definition) is 2. The molecule has 0 bridgehead atoms. The van der Waals surface area contributed by atoms with E-state index in [0.29, 0.717) is 34.8 Å². The molecule has 7 heteroatoms. The van der Waals surface area contributed by atoms with Gasteiger partial charge in [0.1, 0.15) is 18.1 Å². The third-order valence-corrected chi connectivity index (χ3v) is 8.41. The average Bonchev–Trinajstić information content (AvgIpc) is 3.46. The van der Waals surface area contributed by atoms with Crippen molar-refractivity contribution in [3.63, 3.8) is 0 Å². The predicted molar refractivity (Wildman–Crippen MR) is 159 cm³/mol. The molecule has 1 amide bonds. The number of thioether (sulfide) groups is 1.